The lowest BCUT2D eigenvalue weighted by atomic mass is 9.95. The lowest BCUT2D eigenvalue weighted by Crippen LogP contribution is -2.45. The van der Waals surface area contributed by atoms with Gasteiger partial charge in [-0.05, 0) is 18.6 Å². The van der Waals surface area contributed by atoms with Gasteiger partial charge in [0, 0.05) is 33.0 Å². The van der Waals surface area contributed by atoms with Crippen molar-refractivity contribution in [2.45, 2.75) is 13.0 Å². The number of rotatable bonds is 7. The van der Waals surface area contributed by atoms with Crippen LogP contribution < -0.4 is 15.5 Å². The second kappa shape index (κ2) is 8.49. The maximum absolute atomic E-state index is 12.5. The number of hydrogen-bond acceptors (Lipinski definition) is 7. The fourth-order valence-corrected chi connectivity index (χ4v) is 2.75. The predicted octanol–water partition coefficient (Wildman–Crippen LogP) is 1.48. The van der Waals surface area contributed by atoms with Crippen molar-refractivity contribution in [2.24, 2.45) is 0 Å². The molecule has 0 radical (unpaired) electrons. The van der Waals surface area contributed by atoms with Crippen LogP contribution in [0.5, 0.6) is 0 Å². The van der Waals surface area contributed by atoms with Crippen molar-refractivity contribution in [3.05, 3.63) is 45.1 Å². The van der Waals surface area contributed by atoms with Crippen LogP contribution in [-0.2, 0) is 14.3 Å². The highest BCUT2D eigenvalue weighted by atomic mass is 16.6. The van der Waals surface area contributed by atoms with E-state index in [0.717, 1.165) is 0 Å². The van der Waals surface area contributed by atoms with Gasteiger partial charge in [0.15, 0.2) is 0 Å². The molecule has 10 heteroatoms. The number of benzene rings is 1. The van der Waals surface area contributed by atoms with Crippen molar-refractivity contribution < 1.29 is 24.0 Å². The van der Waals surface area contributed by atoms with Crippen LogP contribution in [0, 0.1) is 10.1 Å². The standard InChI is InChI=1S/C17H22N4O6/c1-10-14(16(22)27-8-7-26-4)15(19-17(23)18-10)11-5-6-12(20(2)3)13(9-11)21(24)25/h5-6,9,15H,7-8H2,1-4H3,(H2,18,19,23)/t15-/m1/s1. The second-order valence-corrected chi connectivity index (χ2v) is 6.10. The molecule has 0 spiro atoms. The summed E-state index contributed by atoms with van der Waals surface area (Å²) >= 11 is 0. The summed E-state index contributed by atoms with van der Waals surface area (Å²) in [6.45, 7) is 1.85. The van der Waals surface area contributed by atoms with E-state index < -0.39 is 23.0 Å². The van der Waals surface area contributed by atoms with E-state index >= 15 is 0 Å². The molecule has 1 atom stereocenters. The van der Waals surface area contributed by atoms with Crippen LogP contribution in [0.25, 0.3) is 0 Å². The number of anilines is 1. The average molecular weight is 378 g/mol. The normalized spacial score (nSPS) is 16.4. The molecule has 1 aliphatic rings. The largest absolute Gasteiger partial charge is 0.460 e. The Balaban J connectivity index is 2.45. The maximum atomic E-state index is 12.5. The van der Waals surface area contributed by atoms with Gasteiger partial charge in [-0.2, -0.15) is 0 Å². The summed E-state index contributed by atoms with van der Waals surface area (Å²) < 4.78 is 10.0. The van der Waals surface area contributed by atoms with E-state index in [9.17, 15) is 19.7 Å². The molecule has 1 aromatic carbocycles. The van der Waals surface area contributed by atoms with Crippen LogP contribution >= 0.6 is 0 Å². The highest BCUT2D eigenvalue weighted by molar-refractivity contribution is 5.95. The number of methoxy groups -OCH3 is 1. The summed E-state index contributed by atoms with van der Waals surface area (Å²) in [5, 5.41) is 16.6. The Labute approximate surface area is 156 Å². The Hall–Kier alpha value is -3.14. The Morgan fingerprint density at radius 3 is 2.63 bits per heavy atom. The number of allylic oxidation sites excluding steroid dienone is 1. The van der Waals surface area contributed by atoms with E-state index in [0.29, 0.717) is 16.9 Å². The molecular weight excluding hydrogens is 356 g/mol. The predicted molar refractivity (Wildman–Crippen MR) is 97.4 cm³/mol. The summed E-state index contributed by atoms with van der Waals surface area (Å²) in [5.74, 6) is -0.638. The minimum Gasteiger partial charge on any atom is -0.460 e. The fraction of sp³-hybridized carbons (Fsp3) is 0.412. The summed E-state index contributed by atoms with van der Waals surface area (Å²) in [7, 11) is 4.86. The smallest absolute Gasteiger partial charge is 0.338 e. The zero-order valence-electron chi connectivity index (χ0n) is 15.6. The summed E-state index contributed by atoms with van der Waals surface area (Å²) in [5.41, 5.74) is 1.19. The van der Waals surface area contributed by atoms with Gasteiger partial charge in [-0.25, -0.2) is 9.59 Å². The first-order valence-electron chi connectivity index (χ1n) is 8.16. The van der Waals surface area contributed by atoms with E-state index in [4.69, 9.17) is 9.47 Å². The van der Waals surface area contributed by atoms with Crippen LogP contribution in [0.3, 0.4) is 0 Å². The molecule has 0 bridgehead atoms. The fourth-order valence-electron chi connectivity index (χ4n) is 2.75. The molecular formula is C17H22N4O6. The van der Waals surface area contributed by atoms with E-state index in [1.807, 2.05) is 0 Å². The zero-order valence-corrected chi connectivity index (χ0v) is 15.6. The molecule has 2 amide bonds. The molecule has 0 aliphatic carbocycles. The molecule has 1 heterocycles. The summed E-state index contributed by atoms with van der Waals surface area (Å²) in [4.78, 5) is 37.0. The van der Waals surface area contributed by atoms with Gasteiger partial charge < -0.3 is 25.0 Å². The average Bonchev–Trinajstić information content (AvgIpc) is 2.60. The number of urea groups is 1. The Morgan fingerprint density at radius 1 is 1.33 bits per heavy atom. The van der Waals surface area contributed by atoms with Gasteiger partial charge in [0.05, 0.1) is 23.1 Å². The maximum Gasteiger partial charge on any atom is 0.338 e. The van der Waals surface area contributed by atoms with Gasteiger partial charge in [-0.1, -0.05) is 6.07 Å². The number of carbonyl (C=O) groups excluding carboxylic acids is 2. The van der Waals surface area contributed by atoms with Crippen molar-refractivity contribution in [2.75, 3.05) is 39.3 Å². The lowest BCUT2D eigenvalue weighted by Gasteiger charge is -2.28. The molecule has 0 saturated heterocycles. The first kappa shape index (κ1) is 20.2. The van der Waals surface area contributed by atoms with Crippen molar-refractivity contribution in [1.29, 1.82) is 0 Å². The highest BCUT2D eigenvalue weighted by Crippen LogP contribution is 2.34. The van der Waals surface area contributed by atoms with E-state index in [1.54, 1.807) is 38.1 Å². The SMILES string of the molecule is COCCOC(=O)C1=C(C)NC(=O)N[C@@H]1c1ccc(N(C)C)c([N+](=O)[O-])c1. The topological polar surface area (TPSA) is 123 Å². The number of amides is 2. The molecule has 0 unspecified atom stereocenters. The third-order valence-corrected chi connectivity index (χ3v) is 4.02. The number of nitro benzene ring substituents is 1. The van der Waals surface area contributed by atoms with E-state index in [1.165, 1.54) is 13.2 Å². The number of carbonyl (C=O) groups is 2. The number of nitrogens with zero attached hydrogens (tertiary/aromatic N) is 2. The molecule has 27 heavy (non-hydrogen) atoms. The van der Waals surface area contributed by atoms with Crippen LogP contribution in [-0.4, -0.2) is 51.3 Å². The van der Waals surface area contributed by atoms with Crippen LogP contribution in [0.15, 0.2) is 29.5 Å². The summed E-state index contributed by atoms with van der Waals surface area (Å²) in [6.07, 6.45) is 0. The third-order valence-electron chi connectivity index (χ3n) is 4.02. The van der Waals surface area contributed by atoms with Crippen molar-refractivity contribution in [3.8, 4) is 0 Å². The van der Waals surface area contributed by atoms with E-state index in [-0.39, 0.29) is 24.5 Å². The monoisotopic (exact) mass is 378 g/mol. The molecule has 146 valence electrons. The Bertz CT molecular complexity index is 790. The first-order valence-corrected chi connectivity index (χ1v) is 8.16. The van der Waals surface area contributed by atoms with Gasteiger partial charge in [0.25, 0.3) is 5.69 Å². The number of nitrogens with one attached hydrogen (secondary N) is 2. The van der Waals surface area contributed by atoms with Gasteiger partial charge >= 0.3 is 12.0 Å². The number of ether oxygens (including phenoxy) is 2. The van der Waals surface area contributed by atoms with Crippen molar-refractivity contribution in [1.82, 2.24) is 10.6 Å². The lowest BCUT2D eigenvalue weighted by molar-refractivity contribution is -0.384. The minimum atomic E-state index is -0.872. The summed E-state index contributed by atoms with van der Waals surface area (Å²) in [6, 6.07) is 3.18. The van der Waals surface area contributed by atoms with Crippen LogP contribution in [0.2, 0.25) is 0 Å². The van der Waals surface area contributed by atoms with Gasteiger partial charge in [0.1, 0.15) is 12.3 Å². The molecule has 2 N–H and O–H groups in total. The molecule has 1 aromatic rings. The molecule has 10 nitrogen and oxygen atoms in total. The quantitative estimate of drug-likeness (QED) is 0.319. The van der Waals surface area contributed by atoms with Crippen LogP contribution in [0.1, 0.15) is 18.5 Å². The first-order chi connectivity index (χ1) is 12.8. The molecule has 1 aliphatic heterocycles. The third kappa shape index (κ3) is 4.53. The second-order valence-electron chi connectivity index (χ2n) is 6.10. The molecule has 2 rings (SSSR count). The zero-order chi connectivity index (χ0) is 20.1. The molecule has 0 fully saturated rings. The van der Waals surface area contributed by atoms with E-state index in [2.05, 4.69) is 10.6 Å². The number of nitro groups is 1. The van der Waals surface area contributed by atoms with Gasteiger partial charge in [0.2, 0.25) is 0 Å². The Morgan fingerprint density at radius 2 is 2.04 bits per heavy atom. The Kier molecular flexibility index (Phi) is 6.35. The highest BCUT2D eigenvalue weighted by Gasteiger charge is 2.33. The van der Waals surface area contributed by atoms with Crippen LogP contribution in [0.4, 0.5) is 16.2 Å². The number of hydrogen-bond donors (Lipinski definition) is 2. The number of esters is 1. The molecule has 0 saturated carbocycles. The van der Waals surface area contributed by atoms with Gasteiger partial charge in [-0.15, -0.1) is 0 Å². The molecule has 0 aromatic heterocycles. The van der Waals surface area contributed by atoms with Crippen molar-refractivity contribution in [3.63, 3.8) is 0 Å². The minimum absolute atomic E-state index is 0.0481. The van der Waals surface area contributed by atoms with Crippen molar-refractivity contribution >= 4 is 23.4 Å². The van der Waals surface area contributed by atoms with Gasteiger partial charge in [-0.3, -0.25) is 10.1 Å².